The molecule has 1 aromatic heterocycles. The van der Waals surface area contributed by atoms with Gasteiger partial charge >= 0.3 is 5.69 Å². The number of H-pyrrole nitrogens is 1. The van der Waals surface area contributed by atoms with Crippen LogP contribution in [0.5, 0.6) is 0 Å². The average molecular weight is 272 g/mol. The topological polar surface area (TPSA) is 54.9 Å². The van der Waals surface area contributed by atoms with Crippen LogP contribution in [-0.4, -0.2) is 9.55 Å². The molecule has 0 bridgehead atoms. The van der Waals surface area contributed by atoms with Gasteiger partial charge in [-0.25, -0.2) is 4.79 Å². The first-order valence-electron chi connectivity index (χ1n) is 6.67. The lowest BCUT2D eigenvalue weighted by Gasteiger charge is -2.19. The van der Waals surface area contributed by atoms with E-state index in [-0.39, 0.29) is 16.7 Å². The van der Waals surface area contributed by atoms with Crippen LogP contribution in [0.15, 0.2) is 40.1 Å². The van der Waals surface area contributed by atoms with Gasteiger partial charge in [-0.05, 0) is 23.5 Å². The molecule has 0 aliphatic carbocycles. The summed E-state index contributed by atoms with van der Waals surface area (Å²) in [4.78, 5) is 26.3. The number of hydrogen-bond acceptors (Lipinski definition) is 2. The van der Waals surface area contributed by atoms with Crippen LogP contribution in [0.3, 0.4) is 0 Å². The Kier molecular flexibility index (Phi) is 3.66. The molecular formula is C16H20N2O2. The maximum atomic E-state index is 12.0. The molecule has 106 valence electrons. The van der Waals surface area contributed by atoms with Gasteiger partial charge in [0, 0.05) is 11.8 Å². The summed E-state index contributed by atoms with van der Waals surface area (Å²) in [6.07, 6.45) is 1.45. The monoisotopic (exact) mass is 272 g/mol. The lowest BCUT2D eigenvalue weighted by molar-refractivity contribution is 0.589. The number of aromatic nitrogens is 2. The van der Waals surface area contributed by atoms with E-state index in [1.165, 1.54) is 16.3 Å². The molecule has 0 fully saturated rings. The van der Waals surface area contributed by atoms with Crippen LogP contribution < -0.4 is 11.2 Å². The van der Waals surface area contributed by atoms with Crippen LogP contribution in [0.25, 0.3) is 0 Å². The van der Waals surface area contributed by atoms with E-state index in [4.69, 9.17) is 0 Å². The first-order valence-corrected chi connectivity index (χ1v) is 6.67. The summed E-state index contributed by atoms with van der Waals surface area (Å²) < 4.78 is 1.22. The highest BCUT2D eigenvalue weighted by Crippen LogP contribution is 2.22. The van der Waals surface area contributed by atoms with Crippen LogP contribution in [0.2, 0.25) is 0 Å². The van der Waals surface area contributed by atoms with Crippen LogP contribution in [-0.2, 0) is 12.0 Å². The molecule has 0 spiro atoms. The molecule has 4 heteroatoms. The summed E-state index contributed by atoms with van der Waals surface area (Å²) in [5.74, 6) is 0. The van der Waals surface area contributed by atoms with Crippen LogP contribution in [0.1, 0.15) is 37.5 Å². The van der Waals surface area contributed by atoms with E-state index in [1.54, 1.807) is 6.92 Å². The summed E-state index contributed by atoms with van der Waals surface area (Å²) in [6.45, 7) is 8.44. The van der Waals surface area contributed by atoms with E-state index in [0.29, 0.717) is 12.1 Å². The standard InChI is InChI=1S/C16H20N2O2/c1-11-9-17-15(20)18(14(11)19)10-12-5-7-13(8-6-12)16(2,3)4/h5-9H,10H2,1-4H3,(H,17,20). The molecule has 2 aromatic rings. The fraction of sp³-hybridized carbons (Fsp3) is 0.375. The minimum absolute atomic E-state index is 0.0934. The lowest BCUT2D eigenvalue weighted by Crippen LogP contribution is -2.36. The predicted molar refractivity (Wildman–Crippen MR) is 80.3 cm³/mol. The van der Waals surface area contributed by atoms with E-state index in [1.807, 2.05) is 24.3 Å². The van der Waals surface area contributed by atoms with Gasteiger partial charge in [-0.15, -0.1) is 0 Å². The van der Waals surface area contributed by atoms with Gasteiger partial charge in [0.2, 0.25) is 0 Å². The molecule has 1 heterocycles. The summed E-state index contributed by atoms with van der Waals surface area (Å²) in [5.41, 5.74) is 2.18. The third-order valence-electron chi connectivity index (χ3n) is 3.40. The van der Waals surface area contributed by atoms with Gasteiger partial charge in [0.05, 0.1) is 6.54 Å². The SMILES string of the molecule is Cc1c[nH]c(=O)n(Cc2ccc(C(C)(C)C)cc2)c1=O. The smallest absolute Gasteiger partial charge is 0.314 e. The van der Waals surface area contributed by atoms with Gasteiger partial charge in [-0.3, -0.25) is 9.36 Å². The van der Waals surface area contributed by atoms with E-state index >= 15 is 0 Å². The number of rotatable bonds is 2. The molecule has 4 nitrogen and oxygen atoms in total. The van der Waals surface area contributed by atoms with Gasteiger partial charge in [-0.1, -0.05) is 45.0 Å². The molecule has 20 heavy (non-hydrogen) atoms. The first-order chi connectivity index (χ1) is 9.29. The number of benzene rings is 1. The summed E-state index contributed by atoms with van der Waals surface area (Å²) in [6, 6.07) is 8.03. The highest BCUT2D eigenvalue weighted by atomic mass is 16.2. The molecular weight excluding hydrogens is 252 g/mol. The summed E-state index contributed by atoms with van der Waals surface area (Å²) in [7, 11) is 0. The Bertz CT molecular complexity index is 716. The van der Waals surface area contributed by atoms with Crippen molar-refractivity contribution in [3.05, 3.63) is 68.0 Å². The molecule has 0 unspecified atom stereocenters. The second kappa shape index (κ2) is 5.12. The Morgan fingerprint density at radius 1 is 1.10 bits per heavy atom. The van der Waals surface area contributed by atoms with Crippen molar-refractivity contribution in [1.82, 2.24) is 9.55 Å². The van der Waals surface area contributed by atoms with Gasteiger partial charge in [0.15, 0.2) is 0 Å². The van der Waals surface area contributed by atoms with Crippen molar-refractivity contribution in [3.63, 3.8) is 0 Å². The zero-order valence-corrected chi connectivity index (χ0v) is 12.4. The average Bonchev–Trinajstić information content (AvgIpc) is 2.39. The Morgan fingerprint density at radius 2 is 1.70 bits per heavy atom. The second-order valence-electron chi connectivity index (χ2n) is 6.12. The minimum atomic E-state index is -0.375. The molecule has 1 aromatic carbocycles. The largest absolute Gasteiger partial charge is 0.328 e. The number of nitrogens with one attached hydrogen (secondary N) is 1. The van der Waals surface area contributed by atoms with E-state index in [2.05, 4.69) is 25.8 Å². The van der Waals surface area contributed by atoms with Crippen molar-refractivity contribution >= 4 is 0 Å². The molecule has 0 atom stereocenters. The number of nitrogens with zero attached hydrogens (tertiary/aromatic N) is 1. The molecule has 0 radical (unpaired) electrons. The van der Waals surface area contributed by atoms with Crippen LogP contribution in [0.4, 0.5) is 0 Å². The van der Waals surface area contributed by atoms with Crippen molar-refractivity contribution in [1.29, 1.82) is 0 Å². The zero-order valence-electron chi connectivity index (χ0n) is 12.4. The van der Waals surface area contributed by atoms with Gasteiger partial charge < -0.3 is 4.98 Å². The highest BCUT2D eigenvalue weighted by Gasteiger charge is 2.13. The number of aryl methyl sites for hydroxylation is 1. The normalized spacial score (nSPS) is 11.6. The number of aromatic amines is 1. The second-order valence-corrected chi connectivity index (χ2v) is 6.12. The van der Waals surface area contributed by atoms with Crippen molar-refractivity contribution in [2.45, 2.75) is 39.7 Å². The first kappa shape index (κ1) is 14.3. The molecule has 0 saturated carbocycles. The Labute approximate surface area is 118 Å². The molecule has 2 rings (SSSR count). The van der Waals surface area contributed by atoms with Crippen LogP contribution >= 0.6 is 0 Å². The Hall–Kier alpha value is -2.10. The highest BCUT2D eigenvalue weighted by molar-refractivity contribution is 5.27. The molecule has 0 aliphatic rings. The summed E-state index contributed by atoms with van der Waals surface area (Å²) >= 11 is 0. The molecule has 0 saturated heterocycles. The zero-order chi connectivity index (χ0) is 14.9. The fourth-order valence-corrected chi connectivity index (χ4v) is 2.05. The maximum absolute atomic E-state index is 12.0. The molecule has 0 aliphatic heterocycles. The Balaban J connectivity index is 2.35. The third kappa shape index (κ3) is 2.90. The fourth-order valence-electron chi connectivity index (χ4n) is 2.05. The van der Waals surface area contributed by atoms with Gasteiger partial charge in [-0.2, -0.15) is 0 Å². The number of hydrogen-bond donors (Lipinski definition) is 1. The molecule has 0 amide bonds. The van der Waals surface area contributed by atoms with E-state index < -0.39 is 0 Å². The predicted octanol–water partition coefficient (Wildman–Crippen LogP) is 2.19. The third-order valence-corrected chi connectivity index (χ3v) is 3.40. The van der Waals surface area contributed by atoms with Crippen molar-refractivity contribution < 1.29 is 0 Å². The van der Waals surface area contributed by atoms with Crippen LogP contribution in [0, 0.1) is 6.92 Å². The Morgan fingerprint density at radius 3 is 2.25 bits per heavy atom. The van der Waals surface area contributed by atoms with Crippen molar-refractivity contribution in [2.24, 2.45) is 0 Å². The lowest BCUT2D eigenvalue weighted by atomic mass is 9.87. The minimum Gasteiger partial charge on any atom is -0.314 e. The van der Waals surface area contributed by atoms with Crippen molar-refractivity contribution in [2.75, 3.05) is 0 Å². The quantitative estimate of drug-likeness (QED) is 0.911. The van der Waals surface area contributed by atoms with Gasteiger partial charge in [0.25, 0.3) is 5.56 Å². The maximum Gasteiger partial charge on any atom is 0.328 e. The van der Waals surface area contributed by atoms with E-state index in [0.717, 1.165) is 5.56 Å². The van der Waals surface area contributed by atoms with Gasteiger partial charge in [0.1, 0.15) is 0 Å². The van der Waals surface area contributed by atoms with Crippen molar-refractivity contribution in [3.8, 4) is 0 Å². The summed E-state index contributed by atoms with van der Waals surface area (Å²) in [5, 5.41) is 0. The van der Waals surface area contributed by atoms with E-state index in [9.17, 15) is 9.59 Å². The molecule has 1 N–H and O–H groups in total.